The summed E-state index contributed by atoms with van der Waals surface area (Å²) in [6.45, 7) is 6.49. The van der Waals surface area contributed by atoms with Gasteiger partial charge in [-0.1, -0.05) is 19.3 Å². The zero-order valence-electron chi connectivity index (χ0n) is 11.6. The summed E-state index contributed by atoms with van der Waals surface area (Å²) in [5.41, 5.74) is -0.466. The molecule has 0 aromatic rings. The Balaban J connectivity index is 1.77. The second-order valence-corrected chi connectivity index (χ2v) is 6.85. The second kappa shape index (κ2) is 3.86. The molecule has 3 rings (SSSR count). The second-order valence-electron chi connectivity index (χ2n) is 6.85. The summed E-state index contributed by atoms with van der Waals surface area (Å²) in [5.74, 6) is 0. The average Bonchev–Trinajstić information content (AvgIpc) is 2.99. The van der Waals surface area contributed by atoms with Crippen LogP contribution in [0.15, 0.2) is 0 Å². The molecule has 0 N–H and O–H groups in total. The van der Waals surface area contributed by atoms with E-state index in [-0.39, 0.29) is 23.8 Å². The molecule has 0 aromatic carbocycles. The molecule has 0 bridgehead atoms. The Hall–Kier alpha value is -0.770. The van der Waals surface area contributed by atoms with Gasteiger partial charge in [-0.2, -0.15) is 0 Å². The van der Waals surface area contributed by atoms with Gasteiger partial charge in [-0.15, -0.1) is 0 Å². The standard InChI is InChI=1S/C14H23NO3/c1-13(2,3)18-12(16)15-9-10-11(17-10)14(15)7-5-4-6-8-14/h10-11H,4-9H2,1-3H3. The molecule has 4 heteroatoms. The Morgan fingerprint density at radius 3 is 2.56 bits per heavy atom. The summed E-state index contributed by atoms with van der Waals surface area (Å²) < 4.78 is 11.3. The minimum absolute atomic E-state index is 0.0503. The molecular formula is C14H23NO3. The minimum atomic E-state index is -0.416. The number of amides is 1. The first-order chi connectivity index (χ1) is 8.42. The van der Waals surface area contributed by atoms with Crippen molar-refractivity contribution in [2.45, 2.75) is 76.2 Å². The summed E-state index contributed by atoms with van der Waals surface area (Å²) in [6.07, 6.45) is 6.24. The van der Waals surface area contributed by atoms with Crippen LogP contribution in [0.25, 0.3) is 0 Å². The molecular weight excluding hydrogens is 230 g/mol. The van der Waals surface area contributed by atoms with Gasteiger partial charge >= 0.3 is 6.09 Å². The van der Waals surface area contributed by atoms with Crippen molar-refractivity contribution in [1.82, 2.24) is 4.90 Å². The number of ether oxygens (including phenoxy) is 2. The highest BCUT2D eigenvalue weighted by molar-refractivity contribution is 5.70. The first-order valence-electron chi connectivity index (χ1n) is 7.08. The molecule has 0 radical (unpaired) electrons. The van der Waals surface area contributed by atoms with Crippen LogP contribution in [-0.2, 0) is 9.47 Å². The van der Waals surface area contributed by atoms with E-state index in [0.29, 0.717) is 0 Å². The highest BCUT2D eigenvalue weighted by atomic mass is 16.6. The van der Waals surface area contributed by atoms with Crippen molar-refractivity contribution in [3.63, 3.8) is 0 Å². The smallest absolute Gasteiger partial charge is 0.410 e. The highest BCUT2D eigenvalue weighted by Crippen LogP contribution is 2.51. The fourth-order valence-electron chi connectivity index (χ4n) is 3.56. The fourth-order valence-corrected chi connectivity index (χ4v) is 3.56. The number of hydrogen-bond acceptors (Lipinski definition) is 3. The maximum atomic E-state index is 12.3. The molecule has 1 spiro atoms. The van der Waals surface area contributed by atoms with Crippen LogP contribution in [0.1, 0.15) is 52.9 Å². The first-order valence-corrected chi connectivity index (χ1v) is 7.08. The largest absolute Gasteiger partial charge is 0.444 e. The normalized spacial score (nSPS) is 33.4. The van der Waals surface area contributed by atoms with E-state index in [1.165, 1.54) is 19.3 Å². The van der Waals surface area contributed by atoms with Gasteiger partial charge in [-0.05, 0) is 33.6 Å². The van der Waals surface area contributed by atoms with Crippen molar-refractivity contribution in [1.29, 1.82) is 0 Å². The molecule has 0 aromatic heterocycles. The molecule has 1 aliphatic carbocycles. The van der Waals surface area contributed by atoms with Gasteiger partial charge in [0.2, 0.25) is 0 Å². The van der Waals surface area contributed by atoms with Gasteiger partial charge in [-0.25, -0.2) is 4.79 Å². The Morgan fingerprint density at radius 2 is 1.94 bits per heavy atom. The lowest BCUT2D eigenvalue weighted by Crippen LogP contribution is -2.54. The number of rotatable bonds is 0. The fraction of sp³-hybridized carbons (Fsp3) is 0.929. The lowest BCUT2D eigenvalue weighted by atomic mass is 9.79. The number of hydrogen-bond donors (Lipinski definition) is 0. The van der Waals surface area contributed by atoms with Crippen LogP contribution in [-0.4, -0.2) is 40.9 Å². The molecule has 2 saturated heterocycles. The summed E-state index contributed by atoms with van der Waals surface area (Å²) in [5, 5.41) is 0. The Morgan fingerprint density at radius 1 is 1.28 bits per heavy atom. The lowest BCUT2D eigenvalue weighted by Gasteiger charge is -2.42. The van der Waals surface area contributed by atoms with Gasteiger partial charge in [0.25, 0.3) is 0 Å². The quantitative estimate of drug-likeness (QED) is 0.623. The Kier molecular flexibility index (Phi) is 2.63. The minimum Gasteiger partial charge on any atom is -0.444 e. The molecule has 1 amide bonds. The number of likely N-dealkylation sites (tertiary alicyclic amines) is 1. The number of nitrogens with zero attached hydrogens (tertiary/aromatic N) is 1. The molecule has 1 saturated carbocycles. The number of fused-ring (bicyclic) bond motifs is 2. The van der Waals surface area contributed by atoms with E-state index in [0.717, 1.165) is 19.4 Å². The van der Waals surface area contributed by atoms with Crippen LogP contribution in [0.5, 0.6) is 0 Å². The summed E-state index contributed by atoms with van der Waals surface area (Å²) in [6, 6.07) is 0. The van der Waals surface area contributed by atoms with Gasteiger partial charge in [-0.3, -0.25) is 4.90 Å². The molecule has 102 valence electrons. The predicted octanol–water partition coefficient (Wildman–Crippen LogP) is 2.71. The van der Waals surface area contributed by atoms with Crippen LogP contribution in [0.2, 0.25) is 0 Å². The molecule has 2 heterocycles. The van der Waals surface area contributed by atoms with Crippen LogP contribution in [0.4, 0.5) is 4.79 Å². The van der Waals surface area contributed by atoms with Crippen LogP contribution >= 0.6 is 0 Å². The van der Waals surface area contributed by atoms with Crippen molar-refractivity contribution in [3.05, 3.63) is 0 Å². The van der Waals surface area contributed by atoms with Crippen molar-refractivity contribution in [2.75, 3.05) is 6.54 Å². The van der Waals surface area contributed by atoms with Crippen LogP contribution < -0.4 is 0 Å². The number of epoxide rings is 1. The monoisotopic (exact) mass is 253 g/mol. The van der Waals surface area contributed by atoms with E-state index in [1.807, 2.05) is 25.7 Å². The van der Waals surface area contributed by atoms with Crippen molar-refractivity contribution >= 4 is 6.09 Å². The van der Waals surface area contributed by atoms with Crippen LogP contribution in [0.3, 0.4) is 0 Å². The maximum Gasteiger partial charge on any atom is 0.410 e. The molecule has 2 atom stereocenters. The van der Waals surface area contributed by atoms with E-state index in [1.54, 1.807) is 0 Å². The summed E-state index contributed by atoms with van der Waals surface area (Å²) in [4.78, 5) is 14.3. The molecule has 4 nitrogen and oxygen atoms in total. The summed E-state index contributed by atoms with van der Waals surface area (Å²) in [7, 11) is 0. The number of morpholine rings is 1. The predicted molar refractivity (Wildman–Crippen MR) is 67.4 cm³/mol. The van der Waals surface area contributed by atoms with Crippen molar-refractivity contribution in [2.24, 2.45) is 0 Å². The SMILES string of the molecule is CC(C)(C)OC(=O)N1CC2OC2C12CCCCC2. The zero-order chi connectivity index (χ0) is 13.0. The topological polar surface area (TPSA) is 42.1 Å². The van der Waals surface area contributed by atoms with Gasteiger partial charge in [0.05, 0.1) is 12.1 Å². The van der Waals surface area contributed by atoms with Gasteiger partial charge < -0.3 is 9.47 Å². The third-order valence-corrected chi connectivity index (χ3v) is 4.35. The Labute approximate surface area is 109 Å². The van der Waals surface area contributed by atoms with Crippen molar-refractivity contribution in [3.8, 4) is 0 Å². The van der Waals surface area contributed by atoms with E-state index in [4.69, 9.17) is 9.47 Å². The molecule has 2 aliphatic heterocycles. The van der Waals surface area contributed by atoms with Gasteiger partial charge in [0.1, 0.15) is 17.8 Å². The van der Waals surface area contributed by atoms with Crippen molar-refractivity contribution < 1.29 is 14.3 Å². The van der Waals surface area contributed by atoms with Crippen LogP contribution in [0, 0.1) is 0 Å². The average molecular weight is 253 g/mol. The highest BCUT2D eigenvalue weighted by Gasteiger charge is 2.65. The third-order valence-electron chi connectivity index (χ3n) is 4.35. The summed E-state index contributed by atoms with van der Waals surface area (Å²) >= 11 is 0. The van der Waals surface area contributed by atoms with E-state index < -0.39 is 5.60 Å². The molecule has 18 heavy (non-hydrogen) atoms. The maximum absolute atomic E-state index is 12.3. The van der Waals surface area contributed by atoms with Gasteiger partial charge in [0.15, 0.2) is 0 Å². The van der Waals surface area contributed by atoms with Gasteiger partial charge in [0, 0.05) is 0 Å². The van der Waals surface area contributed by atoms with E-state index in [9.17, 15) is 4.79 Å². The molecule has 3 fully saturated rings. The lowest BCUT2D eigenvalue weighted by molar-refractivity contribution is -0.0214. The molecule has 2 unspecified atom stereocenters. The molecule has 3 aliphatic rings. The van der Waals surface area contributed by atoms with E-state index in [2.05, 4.69) is 0 Å². The third kappa shape index (κ3) is 1.91. The Bertz CT molecular complexity index is 355. The zero-order valence-corrected chi connectivity index (χ0v) is 11.6. The first kappa shape index (κ1) is 12.3. The number of carbonyl (C=O) groups is 1. The van der Waals surface area contributed by atoms with E-state index >= 15 is 0 Å². The number of carbonyl (C=O) groups excluding carboxylic acids is 1.